The molecule has 0 unspecified atom stereocenters. The summed E-state index contributed by atoms with van der Waals surface area (Å²) >= 11 is 1.89. The maximum atomic E-state index is 5.63. The second-order valence-electron chi connectivity index (χ2n) is 4.67. The van der Waals surface area contributed by atoms with Gasteiger partial charge in [-0.3, -0.25) is 4.68 Å². The molecule has 4 heteroatoms. The normalized spacial score (nSPS) is 13.8. The smallest absolute Gasteiger partial charge is 0.0719 e. The minimum atomic E-state index is 0.734. The van der Waals surface area contributed by atoms with Gasteiger partial charge in [-0.1, -0.05) is 6.07 Å². The molecule has 3 rings (SSSR count). The third-order valence-corrected chi connectivity index (χ3v) is 4.29. The largest absolute Gasteiger partial charge is 0.396 e. The van der Waals surface area contributed by atoms with Crippen molar-refractivity contribution in [1.29, 1.82) is 0 Å². The Kier molecular flexibility index (Phi) is 3.28. The number of anilines is 1. The summed E-state index contributed by atoms with van der Waals surface area (Å²) in [5.74, 6) is 1.03. The molecule has 1 aliphatic carbocycles. The lowest BCUT2D eigenvalue weighted by Gasteiger charge is -2.05. The molecule has 1 aliphatic rings. The molecule has 0 saturated carbocycles. The van der Waals surface area contributed by atoms with E-state index in [-0.39, 0.29) is 0 Å². The predicted molar refractivity (Wildman–Crippen MR) is 75.8 cm³/mol. The van der Waals surface area contributed by atoms with Gasteiger partial charge in [0.25, 0.3) is 0 Å². The Balaban J connectivity index is 1.57. The number of benzene rings is 1. The first-order valence-electron chi connectivity index (χ1n) is 6.34. The molecule has 0 saturated heterocycles. The maximum absolute atomic E-state index is 5.63. The van der Waals surface area contributed by atoms with Gasteiger partial charge >= 0.3 is 0 Å². The van der Waals surface area contributed by atoms with Crippen LogP contribution in [0.1, 0.15) is 17.5 Å². The van der Waals surface area contributed by atoms with Gasteiger partial charge < -0.3 is 5.73 Å². The van der Waals surface area contributed by atoms with E-state index < -0.39 is 0 Å². The van der Waals surface area contributed by atoms with Gasteiger partial charge in [0, 0.05) is 16.8 Å². The first-order valence-corrected chi connectivity index (χ1v) is 7.32. The number of nitrogens with two attached hydrogens (primary N) is 1. The van der Waals surface area contributed by atoms with E-state index in [0.717, 1.165) is 18.0 Å². The van der Waals surface area contributed by atoms with E-state index in [1.807, 2.05) is 22.6 Å². The zero-order chi connectivity index (χ0) is 12.4. The highest BCUT2D eigenvalue weighted by atomic mass is 32.2. The third kappa shape index (κ3) is 2.53. The van der Waals surface area contributed by atoms with Crippen molar-refractivity contribution in [1.82, 2.24) is 9.78 Å². The van der Waals surface area contributed by atoms with Crippen LogP contribution in [0.15, 0.2) is 35.5 Å². The molecule has 18 heavy (non-hydrogen) atoms. The SMILES string of the molecule is Nc1cnn(CCSc2ccc3c(c2)CCC3)c1. The fourth-order valence-corrected chi connectivity index (χ4v) is 3.30. The van der Waals surface area contributed by atoms with Gasteiger partial charge in [-0.25, -0.2) is 0 Å². The van der Waals surface area contributed by atoms with Gasteiger partial charge in [0.2, 0.25) is 0 Å². The zero-order valence-corrected chi connectivity index (χ0v) is 11.1. The van der Waals surface area contributed by atoms with Gasteiger partial charge in [0.1, 0.15) is 0 Å². The Labute approximate surface area is 111 Å². The molecule has 2 aromatic rings. The van der Waals surface area contributed by atoms with Gasteiger partial charge in [0.15, 0.2) is 0 Å². The van der Waals surface area contributed by atoms with Crippen LogP contribution in [-0.4, -0.2) is 15.5 Å². The van der Waals surface area contributed by atoms with Crippen molar-refractivity contribution < 1.29 is 0 Å². The van der Waals surface area contributed by atoms with Crippen molar-refractivity contribution in [2.45, 2.75) is 30.7 Å². The lowest BCUT2D eigenvalue weighted by Crippen LogP contribution is -2.00. The van der Waals surface area contributed by atoms with E-state index in [4.69, 9.17) is 5.73 Å². The number of aromatic nitrogens is 2. The highest BCUT2D eigenvalue weighted by molar-refractivity contribution is 7.99. The third-order valence-electron chi connectivity index (χ3n) is 3.31. The molecule has 0 aliphatic heterocycles. The first kappa shape index (κ1) is 11.7. The molecule has 3 nitrogen and oxygen atoms in total. The van der Waals surface area contributed by atoms with Crippen LogP contribution in [0, 0.1) is 0 Å². The van der Waals surface area contributed by atoms with Gasteiger partial charge in [-0.2, -0.15) is 5.10 Å². The molecule has 0 amide bonds. The molecule has 2 N–H and O–H groups in total. The van der Waals surface area contributed by atoms with Crippen molar-refractivity contribution in [3.8, 4) is 0 Å². The zero-order valence-electron chi connectivity index (χ0n) is 10.3. The van der Waals surface area contributed by atoms with Crippen molar-refractivity contribution in [2.24, 2.45) is 0 Å². The average molecular weight is 259 g/mol. The number of nitrogens with zero attached hydrogens (tertiary/aromatic N) is 2. The van der Waals surface area contributed by atoms with Crippen LogP contribution in [0.5, 0.6) is 0 Å². The second kappa shape index (κ2) is 5.06. The molecule has 1 aromatic carbocycles. The Morgan fingerprint density at radius 3 is 3.00 bits per heavy atom. The highest BCUT2D eigenvalue weighted by Crippen LogP contribution is 2.27. The Morgan fingerprint density at radius 1 is 1.28 bits per heavy atom. The van der Waals surface area contributed by atoms with Crippen molar-refractivity contribution >= 4 is 17.4 Å². The monoisotopic (exact) mass is 259 g/mol. The highest BCUT2D eigenvalue weighted by Gasteiger charge is 2.10. The summed E-state index contributed by atoms with van der Waals surface area (Å²) in [4.78, 5) is 1.37. The number of hydrogen-bond acceptors (Lipinski definition) is 3. The fourth-order valence-electron chi connectivity index (χ4n) is 2.40. The summed E-state index contributed by atoms with van der Waals surface area (Å²) < 4.78 is 1.90. The molecular formula is C14H17N3S. The van der Waals surface area contributed by atoms with E-state index >= 15 is 0 Å². The van der Waals surface area contributed by atoms with E-state index in [2.05, 4.69) is 23.3 Å². The number of rotatable bonds is 4. The minimum Gasteiger partial charge on any atom is -0.396 e. The molecule has 0 radical (unpaired) electrons. The number of aryl methyl sites for hydroxylation is 3. The Hall–Kier alpha value is -1.42. The minimum absolute atomic E-state index is 0.734. The van der Waals surface area contributed by atoms with Crippen LogP contribution in [0.2, 0.25) is 0 Å². The van der Waals surface area contributed by atoms with E-state index in [1.54, 1.807) is 17.3 Å². The van der Waals surface area contributed by atoms with Gasteiger partial charge in [-0.15, -0.1) is 11.8 Å². The number of hydrogen-bond donors (Lipinski definition) is 1. The summed E-state index contributed by atoms with van der Waals surface area (Å²) in [6.07, 6.45) is 7.39. The summed E-state index contributed by atoms with van der Waals surface area (Å²) in [7, 11) is 0. The Bertz CT molecular complexity index is 548. The van der Waals surface area contributed by atoms with Gasteiger partial charge in [-0.05, 0) is 42.5 Å². The van der Waals surface area contributed by atoms with Crippen LogP contribution in [0.4, 0.5) is 5.69 Å². The Morgan fingerprint density at radius 2 is 2.17 bits per heavy atom. The lowest BCUT2D eigenvalue weighted by molar-refractivity contribution is 0.666. The van der Waals surface area contributed by atoms with Crippen molar-refractivity contribution in [3.63, 3.8) is 0 Å². The molecule has 0 fully saturated rings. The first-order chi connectivity index (χ1) is 8.81. The van der Waals surface area contributed by atoms with Crippen LogP contribution < -0.4 is 5.73 Å². The van der Waals surface area contributed by atoms with Crippen molar-refractivity contribution in [2.75, 3.05) is 11.5 Å². The molecule has 1 aromatic heterocycles. The van der Waals surface area contributed by atoms with Crippen LogP contribution >= 0.6 is 11.8 Å². The van der Waals surface area contributed by atoms with Crippen LogP contribution in [0.25, 0.3) is 0 Å². The maximum Gasteiger partial charge on any atom is 0.0719 e. The van der Waals surface area contributed by atoms with E-state index in [9.17, 15) is 0 Å². The van der Waals surface area contributed by atoms with E-state index in [0.29, 0.717) is 0 Å². The molecule has 94 valence electrons. The second-order valence-corrected chi connectivity index (χ2v) is 5.84. The lowest BCUT2D eigenvalue weighted by atomic mass is 10.1. The standard InChI is InChI=1S/C14H17N3S/c15-13-9-16-17(10-13)6-7-18-14-5-4-11-2-1-3-12(11)8-14/h4-5,8-10H,1-3,6-7,15H2. The topological polar surface area (TPSA) is 43.8 Å². The number of thioether (sulfide) groups is 1. The van der Waals surface area contributed by atoms with Gasteiger partial charge in [0.05, 0.1) is 18.4 Å². The molecule has 0 bridgehead atoms. The van der Waals surface area contributed by atoms with Crippen LogP contribution in [0.3, 0.4) is 0 Å². The quantitative estimate of drug-likeness (QED) is 0.859. The van der Waals surface area contributed by atoms with E-state index in [1.165, 1.54) is 24.2 Å². The number of fused-ring (bicyclic) bond motifs is 1. The molecule has 0 atom stereocenters. The molecule has 1 heterocycles. The van der Waals surface area contributed by atoms with Crippen molar-refractivity contribution in [3.05, 3.63) is 41.7 Å². The average Bonchev–Trinajstić information content (AvgIpc) is 2.97. The summed E-state index contributed by atoms with van der Waals surface area (Å²) in [5, 5.41) is 4.18. The summed E-state index contributed by atoms with van der Waals surface area (Å²) in [5.41, 5.74) is 9.45. The fraction of sp³-hybridized carbons (Fsp3) is 0.357. The summed E-state index contributed by atoms with van der Waals surface area (Å²) in [6, 6.07) is 6.88. The molecule has 0 spiro atoms. The predicted octanol–water partition coefficient (Wildman–Crippen LogP) is 2.75. The molecular weight excluding hydrogens is 242 g/mol. The number of nitrogen functional groups attached to an aromatic ring is 1. The van der Waals surface area contributed by atoms with Crippen LogP contribution in [-0.2, 0) is 19.4 Å². The summed E-state index contributed by atoms with van der Waals surface area (Å²) in [6.45, 7) is 0.902.